The van der Waals surface area contributed by atoms with Crippen molar-refractivity contribution < 1.29 is 4.79 Å². The molecule has 15 heavy (non-hydrogen) atoms. The van der Waals surface area contributed by atoms with Crippen LogP contribution < -0.4 is 10.6 Å². The SMILES string of the molecule is CC1NCCC1C(=O)NCC1CCCS1. The van der Waals surface area contributed by atoms with Gasteiger partial charge in [0.15, 0.2) is 0 Å². The Bertz CT molecular complexity index is 229. The first kappa shape index (κ1) is 11.3. The third-order valence-corrected chi connectivity index (χ3v) is 4.79. The van der Waals surface area contributed by atoms with Crippen molar-refractivity contribution >= 4 is 17.7 Å². The summed E-state index contributed by atoms with van der Waals surface area (Å²) in [5, 5.41) is 7.07. The Morgan fingerprint density at radius 1 is 1.53 bits per heavy atom. The Balaban J connectivity index is 1.71. The molecule has 3 unspecified atom stereocenters. The number of thioether (sulfide) groups is 1. The molecule has 2 saturated heterocycles. The predicted octanol–water partition coefficient (Wildman–Crippen LogP) is 0.996. The molecule has 2 N–H and O–H groups in total. The van der Waals surface area contributed by atoms with E-state index in [0.29, 0.717) is 11.3 Å². The van der Waals surface area contributed by atoms with Crippen molar-refractivity contribution in [2.24, 2.45) is 5.92 Å². The molecule has 86 valence electrons. The van der Waals surface area contributed by atoms with Gasteiger partial charge in [-0.05, 0) is 38.5 Å². The second kappa shape index (κ2) is 5.21. The van der Waals surface area contributed by atoms with Crippen LogP contribution in [0.15, 0.2) is 0 Å². The second-order valence-electron chi connectivity index (χ2n) is 4.52. The van der Waals surface area contributed by atoms with Crippen LogP contribution in [0.3, 0.4) is 0 Å². The molecule has 0 aromatic rings. The van der Waals surface area contributed by atoms with Gasteiger partial charge < -0.3 is 10.6 Å². The van der Waals surface area contributed by atoms with Crippen LogP contribution in [0, 0.1) is 5.92 Å². The maximum Gasteiger partial charge on any atom is 0.224 e. The average Bonchev–Trinajstić information content (AvgIpc) is 2.84. The van der Waals surface area contributed by atoms with Gasteiger partial charge in [-0.3, -0.25) is 4.79 Å². The van der Waals surface area contributed by atoms with Gasteiger partial charge in [-0.2, -0.15) is 11.8 Å². The minimum Gasteiger partial charge on any atom is -0.355 e. The fourth-order valence-corrected chi connectivity index (χ4v) is 3.57. The number of amides is 1. The normalized spacial score (nSPS) is 35.7. The molecular formula is C11H20N2OS. The number of hydrogen-bond acceptors (Lipinski definition) is 3. The molecule has 4 heteroatoms. The summed E-state index contributed by atoms with van der Waals surface area (Å²) in [6, 6.07) is 0.348. The van der Waals surface area contributed by atoms with E-state index in [2.05, 4.69) is 17.6 Å². The lowest BCUT2D eigenvalue weighted by molar-refractivity contribution is -0.125. The van der Waals surface area contributed by atoms with Crippen LogP contribution in [0.1, 0.15) is 26.2 Å². The topological polar surface area (TPSA) is 41.1 Å². The highest BCUT2D eigenvalue weighted by molar-refractivity contribution is 8.00. The minimum absolute atomic E-state index is 0.191. The van der Waals surface area contributed by atoms with Crippen LogP contribution in [0.25, 0.3) is 0 Å². The highest BCUT2D eigenvalue weighted by atomic mass is 32.2. The van der Waals surface area contributed by atoms with Crippen molar-refractivity contribution in [3.63, 3.8) is 0 Å². The highest BCUT2D eigenvalue weighted by Crippen LogP contribution is 2.25. The maximum absolute atomic E-state index is 11.9. The molecule has 0 aromatic carbocycles. The summed E-state index contributed by atoms with van der Waals surface area (Å²) in [5.41, 5.74) is 0. The Kier molecular flexibility index (Phi) is 3.92. The lowest BCUT2D eigenvalue weighted by Crippen LogP contribution is -2.39. The smallest absolute Gasteiger partial charge is 0.224 e. The van der Waals surface area contributed by atoms with Gasteiger partial charge in [0, 0.05) is 17.8 Å². The summed E-state index contributed by atoms with van der Waals surface area (Å²) < 4.78 is 0. The van der Waals surface area contributed by atoms with Crippen molar-refractivity contribution in [2.75, 3.05) is 18.8 Å². The molecule has 2 heterocycles. The van der Waals surface area contributed by atoms with Gasteiger partial charge in [0.05, 0.1) is 5.92 Å². The molecule has 0 aliphatic carbocycles. The molecule has 3 nitrogen and oxygen atoms in total. The molecule has 2 aliphatic rings. The van der Waals surface area contributed by atoms with Crippen molar-refractivity contribution in [3.05, 3.63) is 0 Å². The summed E-state index contributed by atoms with van der Waals surface area (Å²) in [6.45, 7) is 3.95. The molecule has 0 aromatic heterocycles. The van der Waals surface area contributed by atoms with Crippen molar-refractivity contribution in [3.8, 4) is 0 Å². The molecule has 0 saturated carbocycles. The third kappa shape index (κ3) is 2.88. The van der Waals surface area contributed by atoms with Gasteiger partial charge in [0.25, 0.3) is 0 Å². The fourth-order valence-electron chi connectivity index (χ4n) is 2.37. The van der Waals surface area contributed by atoms with Crippen LogP contribution in [0.2, 0.25) is 0 Å². The number of nitrogens with one attached hydrogen (secondary N) is 2. The Morgan fingerprint density at radius 2 is 2.40 bits per heavy atom. The molecule has 1 amide bonds. The Hall–Kier alpha value is -0.220. The summed E-state index contributed by atoms with van der Waals surface area (Å²) in [6.07, 6.45) is 3.57. The zero-order valence-corrected chi connectivity index (χ0v) is 10.1. The van der Waals surface area contributed by atoms with Gasteiger partial charge in [0.1, 0.15) is 0 Å². The van der Waals surface area contributed by atoms with E-state index in [1.165, 1.54) is 18.6 Å². The van der Waals surface area contributed by atoms with Gasteiger partial charge >= 0.3 is 0 Å². The highest BCUT2D eigenvalue weighted by Gasteiger charge is 2.29. The average molecular weight is 228 g/mol. The summed E-state index contributed by atoms with van der Waals surface area (Å²) in [4.78, 5) is 11.9. The fraction of sp³-hybridized carbons (Fsp3) is 0.909. The molecule has 3 atom stereocenters. The minimum atomic E-state index is 0.191. The number of hydrogen-bond donors (Lipinski definition) is 2. The Morgan fingerprint density at radius 3 is 3.00 bits per heavy atom. The zero-order valence-electron chi connectivity index (χ0n) is 9.29. The standard InChI is InChI=1S/C11H20N2OS/c1-8-10(4-5-12-8)11(14)13-7-9-3-2-6-15-9/h8-10,12H,2-7H2,1H3,(H,13,14). The van der Waals surface area contributed by atoms with E-state index in [9.17, 15) is 4.79 Å². The van der Waals surface area contributed by atoms with Crippen molar-refractivity contribution in [1.82, 2.24) is 10.6 Å². The molecule has 2 fully saturated rings. The largest absolute Gasteiger partial charge is 0.355 e. The molecule has 0 bridgehead atoms. The number of rotatable bonds is 3. The first-order chi connectivity index (χ1) is 7.27. The lowest BCUT2D eigenvalue weighted by Gasteiger charge is -2.16. The van der Waals surface area contributed by atoms with Gasteiger partial charge in [-0.1, -0.05) is 0 Å². The second-order valence-corrected chi connectivity index (χ2v) is 5.93. The molecule has 0 radical (unpaired) electrons. The predicted molar refractivity (Wildman–Crippen MR) is 64.1 cm³/mol. The van der Waals surface area contributed by atoms with E-state index in [-0.39, 0.29) is 11.8 Å². The molecule has 2 rings (SSSR count). The van der Waals surface area contributed by atoms with Gasteiger partial charge in [0.2, 0.25) is 5.91 Å². The Labute approximate surface area is 95.8 Å². The summed E-state index contributed by atoms with van der Waals surface area (Å²) >= 11 is 2.00. The molecular weight excluding hydrogens is 208 g/mol. The van der Waals surface area contributed by atoms with Gasteiger partial charge in [-0.15, -0.1) is 0 Å². The van der Waals surface area contributed by atoms with E-state index in [4.69, 9.17) is 0 Å². The summed E-state index contributed by atoms with van der Waals surface area (Å²) in [7, 11) is 0. The third-order valence-electron chi connectivity index (χ3n) is 3.39. The lowest BCUT2D eigenvalue weighted by atomic mass is 10.0. The summed E-state index contributed by atoms with van der Waals surface area (Å²) in [5.74, 6) is 1.71. The van der Waals surface area contributed by atoms with Crippen LogP contribution in [0.4, 0.5) is 0 Å². The van der Waals surface area contributed by atoms with E-state index in [1.54, 1.807) is 0 Å². The first-order valence-electron chi connectivity index (χ1n) is 5.90. The van der Waals surface area contributed by atoms with Crippen LogP contribution in [-0.4, -0.2) is 36.0 Å². The van der Waals surface area contributed by atoms with Crippen LogP contribution in [-0.2, 0) is 4.79 Å². The van der Waals surface area contributed by atoms with Crippen molar-refractivity contribution in [1.29, 1.82) is 0 Å². The van der Waals surface area contributed by atoms with E-state index in [0.717, 1.165) is 19.5 Å². The molecule has 2 aliphatic heterocycles. The quantitative estimate of drug-likeness (QED) is 0.757. The maximum atomic E-state index is 11.9. The van der Waals surface area contributed by atoms with Gasteiger partial charge in [-0.25, -0.2) is 0 Å². The first-order valence-corrected chi connectivity index (χ1v) is 6.95. The van der Waals surface area contributed by atoms with Crippen molar-refractivity contribution in [2.45, 2.75) is 37.5 Å². The number of carbonyl (C=O) groups is 1. The number of carbonyl (C=O) groups excluding carboxylic acids is 1. The molecule has 0 spiro atoms. The monoisotopic (exact) mass is 228 g/mol. The van der Waals surface area contributed by atoms with E-state index >= 15 is 0 Å². The zero-order chi connectivity index (χ0) is 10.7. The van der Waals surface area contributed by atoms with Crippen LogP contribution >= 0.6 is 11.8 Å². The van der Waals surface area contributed by atoms with E-state index < -0.39 is 0 Å². The van der Waals surface area contributed by atoms with E-state index in [1.807, 2.05) is 11.8 Å². The van der Waals surface area contributed by atoms with Crippen LogP contribution in [0.5, 0.6) is 0 Å².